The van der Waals surface area contributed by atoms with Crippen molar-refractivity contribution in [2.45, 2.75) is 6.92 Å². The van der Waals surface area contributed by atoms with Crippen LogP contribution in [0.2, 0.25) is 0 Å². The standard InChI is InChI=1S/C12H10INO/c1-9-4-5-10(13)7-12(9)14-6-2-3-11(14)8-15/h2-8H,1H3. The normalized spacial score (nSPS) is 10.3. The van der Waals surface area contributed by atoms with Crippen molar-refractivity contribution in [3.8, 4) is 5.69 Å². The third-order valence-electron chi connectivity index (χ3n) is 2.33. The Kier molecular flexibility index (Phi) is 2.90. The Bertz CT molecular complexity index is 502. The first kappa shape index (κ1) is 10.4. The van der Waals surface area contributed by atoms with E-state index in [1.807, 2.05) is 29.8 Å². The van der Waals surface area contributed by atoms with E-state index in [0.29, 0.717) is 5.69 Å². The molecule has 0 radical (unpaired) electrons. The molecular formula is C12H10INO. The number of rotatable bonds is 2. The molecule has 3 heteroatoms. The minimum absolute atomic E-state index is 0.681. The van der Waals surface area contributed by atoms with Crippen molar-refractivity contribution in [3.05, 3.63) is 51.4 Å². The zero-order chi connectivity index (χ0) is 10.8. The van der Waals surface area contributed by atoms with Crippen LogP contribution >= 0.6 is 22.6 Å². The molecule has 0 spiro atoms. The van der Waals surface area contributed by atoms with Crippen molar-refractivity contribution in [3.63, 3.8) is 0 Å². The number of halogens is 1. The number of aromatic nitrogens is 1. The van der Waals surface area contributed by atoms with E-state index in [2.05, 4.69) is 40.8 Å². The van der Waals surface area contributed by atoms with E-state index in [1.54, 1.807) is 0 Å². The summed E-state index contributed by atoms with van der Waals surface area (Å²) in [5.41, 5.74) is 2.91. The first-order chi connectivity index (χ1) is 7.22. The van der Waals surface area contributed by atoms with E-state index < -0.39 is 0 Å². The van der Waals surface area contributed by atoms with Gasteiger partial charge in [-0.25, -0.2) is 0 Å². The van der Waals surface area contributed by atoms with Gasteiger partial charge in [0.15, 0.2) is 6.29 Å². The van der Waals surface area contributed by atoms with Crippen LogP contribution in [0.1, 0.15) is 16.1 Å². The first-order valence-corrected chi connectivity index (χ1v) is 5.69. The number of hydrogen-bond donors (Lipinski definition) is 0. The maximum atomic E-state index is 10.8. The lowest BCUT2D eigenvalue weighted by atomic mass is 10.2. The van der Waals surface area contributed by atoms with Gasteiger partial charge in [-0.2, -0.15) is 0 Å². The molecule has 0 saturated carbocycles. The van der Waals surface area contributed by atoms with Gasteiger partial charge in [-0.3, -0.25) is 4.79 Å². The van der Waals surface area contributed by atoms with Crippen LogP contribution in [-0.2, 0) is 0 Å². The van der Waals surface area contributed by atoms with Gasteiger partial charge in [-0.05, 0) is 59.3 Å². The van der Waals surface area contributed by atoms with Crippen LogP contribution in [0, 0.1) is 10.5 Å². The molecule has 1 aromatic carbocycles. The predicted octanol–water partition coefficient (Wildman–Crippen LogP) is 3.20. The minimum Gasteiger partial charge on any atom is -0.314 e. The van der Waals surface area contributed by atoms with Crippen LogP contribution in [0.25, 0.3) is 5.69 Å². The van der Waals surface area contributed by atoms with E-state index in [4.69, 9.17) is 0 Å². The number of nitrogens with zero attached hydrogens (tertiary/aromatic N) is 1. The molecule has 0 amide bonds. The van der Waals surface area contributed by atoms with Crippen molar-refractivity contribution in [2.75, 3.05) is 0 Å². The number of hydrogen-bond acceptors (Lipinski definition) is 1. The summed E-state index contributed by atoms with van der Waals surface area (Å²) < 4.78 is 3.07. The summed E-state index contributed by atoms with van der Waals surface area (Å²) in [6.45, 7) is 2.04. The molecule has 0 N–H and O–H groups in total. The number of carbonyl (C=O) groups is 1. The van der Waals surface area contributed by atoms with Crippen molar-refractivity contribution in [1.82, 2.24) is 4.57 Å². The molecule has 0 aliphatic rings. The number of aldehydes is 1. The number of benzene rings is 1. The highest BCUT2D eigenvalue weighted by molar-refractivity contribution is 14.1. The van der Waals surface area contributed by atoms with Crippen molar-refractivity contribution < 1.29 is 4.79 Å². The molecule has 0 saturated heterocycles. The molecule has 1 aromatic heterocycles. The van der Waals surface area contributed by atoms with Crippen LogP contribution in [0.4, 0.5) is 0 Å². The van der Waals surface area contributed by atoms with Crippen LogP contribution in [0.5, 0.6) is 0 Å². The summed E-state index contributed by atoms with van der Waals surface area (Å²) in [7, 11) is 0. The van der Waals surface area contributed by atoms with Crippen LogP contribution in [-0.4, -0.2) is 10.9 Å². The Morgan fingerprint density at radius 3 is 2.87 bits per heavy atom. The second-order valence-electron chi connectivity index (χ2n) is 3.35. The molecule has 15 heavy (non-hydrogen) atoms. The van der Waals surface area contributed by atoms with Crippen molar-refractivity contribution in [1.29, 1.82) is 0 Å². The van der Waals surface area contributed by atoms with Crippen LogP contribution in [0.3, 0.4) is 0 Å². The SMILES string of the molecule is Cc1ccc(I)cc1-n1cccc1C=O. The second kappa shape index (κ2) is 4.18. The Hall–Kier alpha value is -1.10. The lowest BCUT2D eigenvalue weighted by molar-refractivity contribution is 0.111. The van der Waals surface area contributed by atoms with Gasteiger partial charge in [0, 0.05) is 15.5 Å². The fourth-order valence-electron chi connectivity index (χ4n) is 1.55. The average Bonchev–Trinajstić information content (AvgIpc) is 2.69. The molecule has 0 bridgehead atoms. The Labute approximate surface area is 102 Å². The van der Waals surface area contributed by atoms with Gasteiger partial charge in [-0.15, -0.1) is 0 Å². The van der Waals surface area contributed by atoms with Crippen LogP contribution < -0.4 is 0 Å². The molecule has 0 fully saturated rings. The summed E-state index contributed by atoms with van der Waals surface area (Å²) in [6.07, 6.45) is 2.78. The van der Waals surface area contributed by atoms with E-state index in [9.17, 15) is 4.79 Å². The van der Waals surface area contributed by atoms with Crippen LogP contribution in [0.15, 0.2) is 36.5 Å². The molecule has 1 heterocycles. The van der Waals surface area contributed by atoms with Gasteiger partial charge in [0.25, 0.3) is 0 Å². The Balaban J connectivity index is 2.62. The molecule has 0 aliphatic heterocycles. The van der Waals surface area contributed by atoms with Gasteiger partial charge in [0.1, 0.15) is 0 Å². The lowest BCUT2D eigenvalue weighted by Gasteiger charge is -2.09. The molecule has 2 aromatic rings. The average molecular weight is 311 g/mol. The van der Waals surface area contributed by atoms with Crippen molar-refractivity contribution in [2.24, 2.45) is 0 Å². The third-order valence-corrected chi connectivity index (χ3v) is 3.00. The molecule has 0 unspecified atom stereocenters. The zero-order valence-corrected chi connectivity index (χ0v) is 10.4. The minimum atomic E-state index is 0.681. The summed E-state index contributed by atoms with van der Waals surface area (Å²) in [5, 5.41) is 0. The van der Waals surface area contributed by atoms with E-state index in [-0.39, 0.29) is 0 Å². The molecule has 2 nitrogen and oxygen atoms in total. The largest absolute Gasteiger partial charge is 0.314 e. The Morgan fingerprint density at radius 2 is 2.13 bits per heavy atom. The molecule has 2 rings (SSSR count). The summed E-state index contributed by atoms with van der Waals surface area (Å²) in [4.78, 5) is 10.8. The fraction of sp³-hybridized carbons (Fsp3) is 0.0833. The monoisotopic (exact) mass is 311 g/mol. The van der Waals surface area contributed by atoms with E-state index in [0.717, 1.165) is 17.5 Å². The van der Waals surface area contributed by atoms with Gasteiger partial charge in [-0.1, -0.05) is 6.07 Å². The molecule has 0 aliphatic carbocycles. The first-order valence-electron chi connectivity index (χ1n) is 4.61. The molecule has 76 valence electrons. The second-order valence-corrected chi connectivity index (χ2v) is 4.60. The third kappa shape index (κ3) is 1.97. The van der Waals surface area contributed by atoms with Crippen molar-refractivity contribution >= 4 is 28.9 Å². The van der Waals surface area contributed by atoms with Gasteiger partial charge >= 0.3 is 0 Å². The van der Waals surface area contributed by atoms with Gasteiger partial charge in [0.05, 0.1) is 5.69 Å². The summed E-state index contributed by atoms with van der Waals surface area (Å²) in [6, 6.07) is 9.88. The smallest absolute Gasteiger partial charge is 0.166 e. The fourth-order valence-corrected chi connectivity index (χ4v) is 2.03. The predicted molar refractivity (Wildman–Crippen MR) is 68.6 cm³/mol. The summed E-state index contributed by atoms with van der Waals surface area (Å²) in [5.74, 6) is 0. The molecular weight excluding hydrogens is 301 g/mol. The van der Waals surface area contributed by atoms with E-state index in [1.165, 1.54) is 3.57 Å². The molecule has 0 atom stereocenters. The summed E-state index contributed by atoms with van der Waals surface area (Å²) >= 11 is 2.27. The number of carbonyl (C=O) groups excluding carboxylic acids is 1. The highest BCUT2D eigenvalue weighted by Gasteiger charge is 2.05. The Morgan fingerprint density at radius 1 is 1.33 bits per heavy atom. The maximum Gasteiger partial charge on any atom is 0.166 e. The quantitative estimate of drug-likeness (QED) is 0.617. The highest BCUT2D eigenvalue weighted by Crippen LogP contribution is 2.19. The lowest BCUT2D eigenvalue weighted by Crippen LogP contribution is -2.00. The topological polar surface area (TPSA) is 22.0 Å². The highest BCUT2D eigenvalue weighted by atomic mass is 127. The maximum absolute atomic E-state index is 10.8. The number of aryl methyl sites for hydroxylation is 1. The van der Waals surface area contributed by atoms with Gasteiger partial charge in [0.2, 0.25) is 0 Å². The van der Waals surface area contributed by atoms with E-state index >= 15 is 0 Å². The van der Waals surface area contributed by atoms with Gasteiger partial charge < -0.3 is 4.57 Å². The zero-order valence-electron chi connectivity index (χ0n) is 8.27.